The molecule has 3 aliphatic rings. The maximum atomic E-state index is 11.0. The maximum Gasteiger partial charge on any atom is 0.119 e. The first-order valence-corrected chi connectivity index (χ1v) is 12.2. The largest absolute Gasteiger partial charge is 0.508 e. The van der Waals surface area contributed by atoms with Crippen LogP contribution in [0, 0.1) is 17.3 Å². The second-order valence-corrected chi connectivity index (χ2v) is 10.8. The van der Waals surface area contributed by atoms with Gasteiger partial charge in [0.1, 0.15) is 18.1 Å². The first kappa shape index (κ1) is 21.8. The molecule has 0 amide bonds. The summed E-state index contributed by atoms with van der Waals surface area (Å²) in [6.45, 7) is 3.92. The van der Waals surface area contributed by atoms with Gasteiger partial charge in [-0.25, -0.2) is 0 Å². The highest BCUT2D eigenvalue weighted by Crippen LogP contribution is 2.65. The average molecular weight is 436 g/mol. The molecule has 6 atom stereocenters. The second-order valence-electron chi connectivity index (χ2n) is 10.8. The summed E-state index contributed by atoms with van der Waals surface area (Å²) in [4.78, 5) is 2.12. The van der Waals surface area contributed by atoms with Crippen molar-refractivity contribution >= 4 is 0 Å². The molecule has 2 N–H and O–H groups in total. The summed E-state index contributed by atoms with van der Waals surface area (Å²) in [5.41, 5.74) is 4.06. The molecule has 0 heterocycles. The molecule has 2 aromatic rings. The number of nitrogens with zero attached hydrogens (tertiary/aromatic N) is 1. The molecule has 0 radical (unpaired) electrons. The molecule has 2 aromatic carbocycles. The number of ether oxygens (including phenoxy) is 1. The van der Waals surface area contributed by atoms with Crippen LogP contribution in [-0.4, -0.2) is 48.5 Å². The van der Waals surface area contributed by atoms with E-state index >= 15 is 0 Å². The van der Waals surface area contributed by atoms with Crippen molar-refractivity contribution in [3.05, 3.63) is 59.2 Å². The smallest absolute Gasteiger partial charge is 0.119 e. The van der Waals surface area contributed by atoms with Crippen molar-refractivity contribution in [3.63, 3.8) is 0 Å². The molecule has 5 rings (SSSR count). The quantitative estimate of drug-likeness (QED) is 0.698. The van der Waals surface area contributed by atoms with Gasteiger partial charge in [-0.3, -0.25) is 0 Å². The van der Waals surface area contributed by atoms with E-state index in [2.05, 4.69) is 56.3 Å². The number of aromatic hydroxyl groups is 1. The van der Waals surface area contributed by atoms with Gasteiger partial charge in [0.2, 0.25) is 0 Å². The Morgan fingerprint density at radius 2 is 1.84 bits per heavy atom. The van der Waals surface area contributed by atoms with Crippen molar-refractivity contribution < 1.29 is 14.9 Å². The number of hydrogen-bond donors (Lipinski definition) is 2. The SMILES string of the molecule is CN(C)CCOc1ccc([C@H]2C[C@]3(C)[C@@H](O)CC[C@H]3[C@@H]3CCc4cc(O)ccc4[C@@H]32)cc1. The summed E-state index contributed by atoms with van der Waals surface area (Å²) in [6, 6.07) is 14.7. The minimum Gasteiger partial charge on any atom is -0.508 e. The highest BCUT2D eigenvalue weighted by molar-refractivity contribution is 5.43. The van der Waals surface area contributed by atoms with Crippen LogP contribution in [0.3, 0.4) is 0 Å². The minimum absolute atomic E-state index is 0.0128. The molecule has 3 aliphatic carbocycles. The lowest BCUT2D eigenvalue weighted by atomic mass is 9.51. The molecular formula is C28H37NO3. The lowest BCUT2D eigenvalue weighted by Gasteiger charge is -2.54. The van der Waals surface area contributed by atoms with Crippen LogP contribution in [0.25, 0.3) is 0 Å². The number of rotatable bonds is 5. The third-order valence-electron chi connectivity index (χ3n) is 8.78. The Hall–Kier alpha value is -2.04. The molecular weight excluding hydrogens is 398 g/mol. The average Bonchev–Trinajstić information content (AvgIpc) is 3.07. The number of fused-ring (bicyclic) bond motifs is 5. The van der Waals surface area contributed by atoms with Crippen LogP contribution in [0.4, 0.5) is 0 Å². The van der Waals surface area contributed by atoms with E-state index in [-0.39, 0.29) is 11.5 Å². The van der Waals surface area contributed by atoms with Gasteiger partial charge in [-0.05, 0) is 116 Å². The van der Waals surface area contributed by atoms with Gasteiger partial charge in [-0.2, -0.15) is 0 Å². The van der Waals surface area contributed by atoms with Gasteiger partial charge in [0, 0.05) is 6.54 Å². The highest BCUT2D eigenvalue weighted by atomic mass is 16.5. The van der Waals surface area contributed by atoms with Crippen LogP contribution in [0.1, 0.15) is 61.1 Å². The third kappa shape index (κ3) is 3.72. The van der Waals surface area contributed by atoms with E-state index in [4.69, 9.17) is 4.74 Å². The first-order chi connectivity index (χ1) is 15.4. The van der Waals surface area contributed by atoms with E-state index < -0.39 is 0 Å². The topological polar surface area (TPSA) is 52.9 Å². The number of benzene rings is 2. The summed E-state index contributed by atoms with van der Waals surface area (Å²) in [5.74, 6) is 3.27. The van der Waals surface area contributed by atoms with Gasteiger partial charge in [-0.1, -0.05) is 25.1 Å². The molecule has 2 fully saturated rings. The number of aliphatic hydroxyl groups excluding tert-OH is 1. The summed E-state index contributed by atoms with van der Waals surface area (Å²) in [6.07, 6.45) is 5.05. The van der Waals surface area contributed by atoms with Crippen molar-refractivity contribution in [2.75, 3.05) is 27.2 Å². The lowest BCUT2D eigenvalue weighted by Crippen LogP contribution is -2.47. The maximum absolute atomic E-state index is 11.0. The van der Waals surface area contributed by atoms with E-state index in [0.717, 1.165) is 44.4 Å². The third-order valence-corrected chi connectivity index (χ3v) is 8.78. The Morgan fingerprint density at radius 3 is 2.59 bits per heavy atom. The molecule has 0 aliphatic heterocycles. The predicted molar refractivity (Wildman–Crippen MR) is 127 cm³/mol. The summed E-state index contributed by atoms with van der Waals surface area (Å²) < 4.78 is 5.93. The Bertz CT molecular complexity index is 956. The van der Waals surface area contributed by atoms with Crippen molar-refractivity contribution in [1.29, 1.82) is 0 Å². The number of aryl methyl sites for hydroxylation is 1. The van der Waals surface area contributed by atoms with Gasteiger partial charge >= 0.3 is 0 Å². The highest BCUT2D eigenvalue weighted by Gasteiger charge is 2.57. The van der Waals surface area contributed by atoms with E-state index in [1.165, 1.54) is 16.7 Å². The van der Waals surface area contributed by atoms with E-state index in [9.17, 15) is 10.2 Å². The Labute approximate surface area is 192 Å². The van der Waals surface area contributed by atoms with E-state index in [0.29, 0.717) is 36.0 Å². The van der Waals surface area contributed by atoms with Crippen molar-refractivity contribution in [1.82, 2.24) is 4.90 Å². The standard InChI is InChI=1S/C28H37NO3/c1-28-17-24(18-4-8-21(9-5-18)32-15-14-29(2)3)27-22-11-7-20(30)16-19(22)6-10-23(27)25(28)12-13-26(28)31/h4-5,7-9,11,16,23-27,30-31H,6,10,12-15,17H2,1-3H3/t23-,24+,25-,26-,27-,28-/m0/s1. The molecule has 0 spiro atoms. The lowest BCUT2D eigenvalue weighted by molar-refractivity contribution is -0.0323. The minimum atomic E-state index is -0.203. The van der Waals surface area contributed by atoms with Gasteiger partial charge in [0.15, 0.2) is 0 Å². The first-order valence-electron chi connectivity index (χ1n) is 12.2. The monoisotopic (exact) mass is 435 g/mol. The summed E-state index contributed by atoms with van der Waals surface area (Å²) in [7, 11) is 4.11. The second kappa shape index (κ2) is 8.39. The van der Waals surface area contributed by atoms with Crippen molar-refractivity contribution in [2.24, 2.45) is 17.3 Å². The molecule has 4 heteroatoms. The van der Waals surface area contributed by atoms with Gasteiger partial charge in [-0.15, -0.1) is 0 Å². The molecule has 0 saturated heterocycles. The number of likely N-dealkylation sites (N-methyl/N-ethyl adjacent to an activating group) is 1. The summed E-state index contributed by atoms with van der Waals surface area (Å²) in [5, 5.41) is 21.1. The number of aliphatic hydroxyl groups is 1. The van der Waals surface area contributed by atoms with Crippen LogP contribution in [0.15, 0.2) is 42.5 Å². The fraction of sp³-hybridized carbons (Fsp3) is 0.571. The van der Waals surface area contributed by atoms with Crippen LogP contribution >= 0.6 is 0 Å². The fourth-order valence-electron chi connectivity index (χ4n) is 7.15. The fourth-order valence-corrected chi connectivity index (χ4v) is 7.15. The number of hydrogen-bond acceptors (Lipinski definition) is 4. The number of phenols is 1. The zero-order chi connectivity index (χ0) is 22.5. The van der Waals surface area contributed by atoms with Crippen molar-refractivity contribution in [3.8, 4) is 11.5 Å². The van der Waals surface area contributed by atoms with E-state index in [1.54, 1.807) is 0 Å². The molecule has 2 saturated carbocycles. The molecule has 0 unspecified atom stereocenters. The molecule has 172 valence electrons. The van der Waals surface area contributed by atoms with Crippen LogP contribution in [-0.2, 0) is 6.42 Å². The molecule has 0 aromatic heterocycles. The van der Waals surface area contributed by atoms with E-state index in [1.807, 2.05) is 12.1 Å². The Balaban J connectivity index is 1.48. The Morgan fingerprint density at radius 1 is 1.06 bits per heavy atom. The summed E-state index contributed by atoms with van der Waals surface area (Å²) >= 11 is 0. The van der Waals surface area contributed by atoms with Gasteiger partial charge in [0.25, 0.3) is 0 Å². The van der Waals surface area contributed by atoms with Crippen LogP contribution < -0.4 is 4.74 Å². The van der Waals surface area contributed by atoms with Gasteiger partial charge < -0.3 is 19.8 Å². The van der Waals surface area contributed by atoms with Crippen LogP contribution in [0.2, 0.25) is 0 Å². The zero-order valence-corrected chi connectivity index (χ0v) is 19.6. The van der Waals surface area contributed by atoms with Crippen molar-refractivity contribution in [2.45, 2.75) is 57.0 Å². The predicted octanol–water partition coefficient (Wildman–Crippen LogP) is 4.94. The molecule has 4 nitrogen and oxygen atoms in total. The molecule has 0 bridgehead atoms. The van der Waals surface area contributed by atoms with Gasteiger partial charge in [0.05, 0.1) is 6.10 Å². The number of phenolic OH excluding ortho intramolecular Hbond substituents is 1. The zero-order valence-electron chi connectivity index (χ0n) is 19.6. The normalized spacial score (nSPS) is 33.5. The molecule has 32 heavy (non-hydrogen) atoms. The van der Waals surface area contributed by atoms with Crippen LogP contribution in [0.5, 0.6) is 11.5 Å². The Kier molecular flexibility index (Phi) is 5.71.